The first kappa shape index (κ1) is 22.2. The van der Waals surface area contributed by atoms with E-state index in [1.807, 2.05) is 31.2 Å². The molecule has 3 aromatic rings. The second-order valence-corrected chi connectivity index (χ2v) is 11.9. The molecule has 174 valence electrons. The SMILES string of the molecule is Cc1ccc(NC(=O)C2CCCN(S(=O)(=O)c3cc(-c4noc(C5CCC5)n4)cs3)C2)cc1. The Morgan fingerprint density at radius 3 is 2.70 bits per heavy atom. The van der Waals surface area contributed by atoms with Gasteiger partial charge in [0.25, 0.3) is 10.0 Å². The van der Waals surface area contributed by atoms with E-state index in [1.165, 1.54) is 10.7 Å². The quantitative estimate of drug-likeness (QED) is 0.553. The number of amides is 1. The first-order valence-corrected chi connectivity index (χ1v) is 13.5. The lowest BCUT2D eigenvalue weighted by Crippen LogP contribution is -2.43. The molecule has 1 aliphatic carbocycles. The third-order valence-electron chi connectivity index (χ3n) is 6.40. The van der Waals surface area contributed by atoms with Gasteiger partial charge in [0, 0.05) is 35.6 Å². The van der Waals surface area contributed by atoms with Gasteiger partial charge in [0.1, 0.15) is 4.21 Å². The topological polar surface area (TPSA) is 105 Å². The van der Waals surface area contributed by atoms with E-state index in [-0.39, 0.29) is 16.7 Å². The zero-order chi connectivity index (χ0) is 23.0. The van der Waals surface area contributed by atoms with Crippen molar-refractivity contribution < 1.29 is 17.7 Å². The first-order valence-electron chi connectivity index (χ1n) is 11.2. The normalized spacial score (nSPS) is 19.8. The largest absolute Gasteiger partial charge is 0.339 e. The van der Waals surface area contributed by atoms with Crippen LogP contribution in [0, 0.1) is 12.8 Å². The van der Waals surface area contributed by atoms with E-state index in [9.17, 15) is 13.2 Å². The number of aryl methyl sites for hydroxylation is 1. The van der Waals surface area contributed by atoms with Gasteiger partial charge in [-0.2, -0.15) is 9.29 Å². The van der Waals surface area contributed by atoms with Crippen molar-refractivity contribution in [1.82, 2.24) is 14.4 Å². The number of carbonyl (C=O) groups excluding carboxylic acids is 1. The molecule has 33 heavy (non-hydrogen) atoms. The Balaban J connectivity index is 1.27. The van der Waals surface area contributed by atoms with E-state index < -0.39 is 15.9 Å². The van der Waals surface area contributed by atoms with Gasteiger partial charge >= 0.3 is 0 Å². The van der Waals surface area contributed by atoms with Crippen LogP contribution in [0.1, 0.15) is 49.5 Å². The highest BCUT2D eigenvalue weighted by Gasteiger charge is 2.34. The Morgan fingerprint density at radius 1 is 1.18 bits per heavy atom. The molecule has 1 amide bonds. The van der Waals surface area contributed by atoms with Gasteiger partial charge in [0.15, 0.2) is 0 Å². The highest BCUT2D eigenvalue weighted by atomic mass is 32.2. The minimum atomic E-state index is -3.71. The molecule has 10 heteroatoms. The maximum atomic E-state index is 13.3. The van der Waals surface area contributed by atoms with E-state index >= 15 is 0 Å². The third kappa shape index (κ3) is 4.60. The minimum absolute atomic E-state index is 0.152. The Labute approximate surface area is 197 Å². The molecule has 2 fully saturated rings. The van der Waals surface area contributed by atoms with Crippen LogP contribution < -0.4 is 5.32 Å². The predicted octanol–water partition coefficient (Wildman–Crippen LogP) is 4.41. The molecule has 8 nitrogen and oxygen atoms in total. The maximum absolute atomic E-state index is 13.3. The van der Waals surface area contributed by atoms with Crippen molar-refractivity contribution in [3.8, 4) is 11.4 Å². The molecule has 1 unspecified atom stereocenters. The summed E-state index contributed by atoms with van der Waals surface area (Å²) in [6.07, 6.45) is 4.57. The Morgan fingerprint density at radius 2 is 1.97 bits per heavy atom. The summed E-state index contributed by atoms with van der Waals surface area (Å²) in [4.78, 5) is 17.2. The number of sulfonamides is 1. The summed E-state index contributed by atoms with van der Waals surface area (Å²) in [5.74, 6) is 0.829. The Bertz CT molecular complexity index is 1250. The summed E-state index contributed by atoms with van der Waals surface area (Å²) in [5.41, 5.74) is 2.46. The molecule has 1 atom stereocenters. The molecule has 3 heterocycles. The zero-order valence-electron chi connectivity index (χ0n) is 18.4. The van der Waals surface area contributed by atoms with Gasteiger partial charge in [0.2, 0.25) is 17.6 Å². The van der Waals surface area contributed by atoms with Gasteiger partial charge in [-0.25, -0.2) is 8.42 Å². The average molecular weight is 487 g/mol. The van der Waals surface area contributed by atoms with E-state index in [0.29, 0.717) is 42.6 Å². The van der Waals surface area contributed by atoms with Crippen LogP contribution in [0.5, 0.6) is 0 Å². The second-order valence-electron chi connectivity index (χ2n) is 8.80. The van der Waals surface area contributed by atoms with Gasteiger partial charge in [0.05, 0.1) is 5.92 Å². The lowest BCUT2D eigenvalue weighted by molar-refractivity contribution is -0.120. The smallest absolute Gasteiger partial charge is 0.252 e. The maximum Gasteiger partial charge on any atom is 0.252 e. The third-order valence-corrected chi connectivity index (χ3v) is 9.68. The molecular weight excluding hydrogens is 460 g/mol. The number of anilines is 1. The molecule has 0 bridgehead atoms. The summed E-state index contributed by atoms with van der Waals surface area (Å²) < 4.78 is 33.6. The molecule has 1 saturated carbocycles. The van der Waals surface area contributed by atoms with Gasteiger partial charge in [-0.05, 0) is 50.8 Å². The molecule has 5 rings (SSSR count). The molecule has 1 saturated heterocycles. The summed E-state index contributed by atoms with van der Waals surface area (Å²) >= 11 is 1.14. The number of rotatable bonds is 6. The number of piperidine rings is 1. The Kier molecular flexibility index (Phi) is 6.07. The van der Waals surface area contributed by atoms with Crippen molar-refractivity contribution in [1.29, 1.82) is 0 Å². The first-order chi connectivity index (χ1) is 15.9. The Hall–Kier alpha value is -2.56. The summed E-state index contributed by atoms with van der Waals surface area (Å²) in [6.45, 7) is 2.55. The van der Waals surface area contributed by atoms with Crippen molar-refractivity contribution in [2.45, 2.75) is 49.2 Å². The number of thiophene rings is 1. The van der Waals surface area contributed by atoms with Crippen LogP contribution in [0.2, 0.25) is 0 Å². The zero-order valence-corrected chi connectivity index (χ0v) is 20.0. The van der Waals surface area contributed by atoms with E-state index in [1.54, 1.807) is 11.4 Å². The van der Waals surface area contributed by atoms with Crippen LogP contribution in [-0.4, -0.2) is 41.9 Å². The summed E-state index contributed by atoms with van der Waals surface area (Å²) in [6, 6.07) is 9.17. The number of nitrogens with zero attached hydrogens (tertiary/aromatic N) is 3. The van der Waals surface area contributed by atoms with Gasteiger partial charge in [-0.1, -0.05) is 29.3 Å². The summed E-state index contributed by atoms with van der Waals surface area (Å²) in [7, 11) is -3.71. The van der Waals surface area contributed by atoms with Crippen LogP contribution in [0.4, 0.5) is 5.69 Å². The van der Waals surface area contributed by atoms with Crippen LogP contribution in [0.15, 0.2) is 44.4 Å². The fraction of sp³-hybridized carbons (Fsp3) is 0.435. The van der Waals surface area contributed by atoms with Crippen LogP contribution >= 0.6 is 11.3 Å². The van der Waals surface area contributed by atoms with E-state index in [4.69, 9.17) is 4.52 Å². The molecule has 0 spiro atoms. The van der Waals surface area contributed by atoms with Crippen LogP contribution in [0.3, 0.4) is 0 Å². The second kappa shape index (κ2) is 9.00. The van der Waals surface area contributed by atoms with Crippen molar-refractivity contribution in [2.75, 3.05) is 18.4 Å². The number of nitrogens with one attached hydrogen (secondary N) is 1. The molecule has 2 aliphatic rings. The minimum Gasteiger partial charge on any atom is -0.339 e. The molecule has 1 aliphatic heterocycles. The number of benzene rings is 1. The number of aromatic nitrogens is 2. The van der Waals surface area contributed by atoms with Crippen LogP contribution in [-0.2, 0) is 14.8 Å². The van der Waals surface area contributed by atoms with Crippen LogP contribution in [0.25, 0.3) is 11.4 Å². The van der Waals surface area contributed by atoms with E-state index in [0.717, 1.165) is 35.4 Å². The number of carbonyl (C=O) groups is 1. The highest BCUT2D eigenvalue weighted by molar-refractivity contribution is 7.91. The number of hydrogen-bond donors (Lipinski definition) is 1. The van der Waals surface area contributed by atoms with Gasteiger partial charge < -0.3 is 9.84 Å². The number of hydrogen-bond acceptors (Lipinski definition) is 7. The molecule has 1 N–H and O–H groups in total. The fourth-order valence-corrected chi connectivity index (χ4v) is 6.96. The molecule has 0 radical (unpaired) electrons. The van der Waals surface area contributed by atoms with E-state index in [2.05, 4.69) is 15.5 Å². The lowest BCUT2D eigenvalue weighted by atomic mass is 9.85. The fourth-order valence-electron chi connectivity index (χ4n) is 4.13. The van der Waals surface area contributed by atoms with Crippen molar-refractivity contribution in [2.24, 2.45) is 5.92 Å². The van der Waals surface area contributed by atoms with Gasteiger partial charge in [-0.15, -0.1) is 11.3 Å². The standard InChI is InChI=1S/C23H26N4O4S2/c1-15-7-9-19(10-8-15)24-22(28)17-6-3-11-27(13-17)33(29,30)20-12-18(14-32-20)21-25-23(31-26-21)16-4-2-5-16/h7-10,12,14,16-17H,2-6,11,13H2,1H3,(H,24,28). The van der Waals surface area contributed by atoms with Crippen molar-refractivity contribution in [3.63, 3.8) is 0 Å². The lowest BCUT2D eigenvalue weighted by Gasteiger charge is -2.30. The molecule has 2 aromatic heterocycles. The van der Waals surface area contributed by atoms with Gasteiger partial charge in [-0.3, -0.25) is 4.79 Å². The molecule has 1 aromatic carbocycles. The van der Waals surface area contributed by atoms with Crippen molar-refractivity contribution in [3.05, 3.63) is 47.2 Å². The average Bonchev–Trinajstić information content (AvgIpc) is 3.44. The predicted molar refractivity (Wildman–Crippen MR) is 125 cm³/mol. The monoisotopic (exact) mass is 486 g/mol. The molecular formula is C23H26N4O4S2. The highest BCUT2D eigenvalue weighted by Crippen LogP contribution is 2.37. The van der Waals surface area contributed by atoms with Crippen molar-refractivity contribution >= 4 is 33.0 Å². The summed E-state index contributed by atoms with van der Waals surface area (Å²) in [5, 5.41) is 8.69.